The fraction of sp³-hybridized carbons (Fsp3) is 0.474. The quantitative estimate of drug-likeness (QED) is 0.807. The molecule has 3 rings (SSSR count). The molecular weight excluding hydrogens is 258 g/mol. The predicted molar refractivity (Wildman–Crippen MR) is 88.8 cm³/mol. The normalized spacial score (nSPS) is 14.8. The van der Waals surface area contributed by atoms with Crippen molar-refractivity contribution in [2.75, 3.05) is 6.61 Å². The number of hydrogen-bond acceptors (Lipinski definition) is 2. The summed E-state index contributed by atoms with van der Waals surface area (Å²) in [7, 11) is 0. The second-order valence-corrected chi connectivity index (χ2v) is 6.38. The molecule has 1 aliphatic carbocycles. The molecule has 21 heavy (non-hydrogen) atoms. The van der Waals surface area contributed by atoms with Crippen LogP contribution in [0.25, 0.3) is 10.8 Å². The van der Waals surface area contributed by atoms with Crippen molar-refractivity contribution in [2.24, 2.45) is 5.92 Å². The molecule has 0 aromatic heterocycles. The first-order chi connectivity index (χ1) is 10.2. The summed E-state index contributed by atoms with van der Waals surface area (Å²) < 4.78 is 6.09. The number of nitrogens with one attached hydrogen (secondary N) is 1. The third-order valence-electron chi connectivity index (χ3n) is 4.17. The van der Waals surface area contributed by atoms with Crippen molar-refractivity contribution in [3.63, 3.8) is 0 Å². The van der Waals surface area contributed by atoms with E-state index in [4.69, 9.17) is 4.74 Å². The summed E-state index contributed by atoms with van der Waals surface area (Å²) in [5, 5.41) is 6.11. The predicted octanol–water partition coefficient (Wildman–Crippen LogP) is 4.52. The minimum absolute atomic E-state index is 0.475. The fourth-order valence-electron chi connectivity index (χ4n) is 2.68. The Hall–Kier alpha value is -1.54. The lowest BCUT2D eigenvalue weighted by Crippen LogP contribution is -2.22. The zero-order valence-electron chi connectivity index (χ0n) is 13.1. The van der Waals surface area contributed by atoms with Gasteiger partial charge in [0.15, 0.2) is 0 Å². The van der Waals surface area contributed by atoms with E-state index < -0.39 is 0 Å². The zero-order valence-corrected chi connectivity index (χ0v) is 13.1. The molecule has 0 amide bonds. The molecule has 0 heterocycles. The fourth-order valence-corrected chi connectivity index (χ4v) is 2.68. The van der Waals surface area contributed by atoms with Crippen LogP contribution in [0.15, 0.2) is 36.4 Å². The second-order valence-electron chi connectivity index (χ2n) is 6.38. The summed E-state index contributed by atoms with van der Waals surface area (Å²) in [6.07, 6.45) is 3.98. The molecule has 112 valence electrons. The van der Waals surface area contributed by atoms with Gasteiger partial charge in [-0.3, -0.25) is 0 Å². The van der Waals surface area contributed by atoms with Gasteiger partial charge in [-0.05, 0) is 29.2 Å². The lowest BCUT2D eigenvalue weighted by Gasteiger charge is -2.16. The van der Waals surface area contributed by atoms with Crippen LogP contribution in [0, 0.1) is 5.92 Å². The van der Waals surface area contributed by atoms with Gasteiger partial charge < -0.3 is 10.1 Å². The van der Waals surface area contributed by atoms with Crippen LogP contribution in [0.4, 0.5) is 0 Å². The van der Waals surface area contributed by atoms with Gasteiger partial charge in [0.25, 0.3) is 0 Å². The van der Waals surface area contributed by atoms with Crippen LogP contribution in [-0.2, 0) is 6.54 Å². The van der Waals surface area contributed by atoms with Gasteiger partial charge in [-0.15, -0.1) is 0 Å². The molecule has 1 N–H and O–H groups in total. The van der Waals surface area contributed by atoms with Gasteiger partial charge in [0.2, 0.25) is 0 Å². The van der Waals surface area contributed by atoms with Crippen molar-refractivity contribution in [1.82, 2.24) is 5.32 Å². The molecule has 0 bridgehead atoms. The maximum Gasteiger partial charge on any atom is 0.124 e. The molecule has 0 atom stereocenters. The van der Waals surface area contributed by atoms with Crippen LogP contribution < -0.4 is 10.1 Å². The van der Waals surface area contributed by atoms with Crippen LogP contribution in [0.2, 0.25) is 0 Å². The minimum atomic E-state index is 0.475. The first-order valence-corrected chi connectivity index (χ1v) is 8.11. The Bertz CT molecular complexity index is 602. The highest BCUT2D eigenvalue weighted by Crippen LogP contribution is 2.33. The Kier molecular flexibility index (Phi) is 4.45. The van der Waals surface area contributed by atoms with E-state index >= 15 is 0 Å². The average Bonchev–Trinajstić information content (AvgIpc) is 3.29. The Morgan fingerprint density at radius 2 is 1.95 bits per heavy atom. The molecule has 2 aromatic rings. The summed E-state index contributed by atoms with van der Waals surface area (Å²) in [5.41, 5.74) is 1.29. The largest absolute Gasteiger partial charge is 0.493 e. The first kappa shape index (κ1) is 14.4. The molecule has 0 aliphatic heterocycles. The van der Waals surface area contributed by atoms with E-state index in [1.807, 2.05) is 0 Å². The standard InChI is InChI=1S/C19H25NO/c1-14(2)20-13-18-17-6-4-3-5-16(17)9-10-19(18)21-12-11-15-7-8-15/h3-6,9-10,14-15,20H,7-8,11-13H2,1-2H3. The SMILES string of the molecule is CC(C)NCc1c(OCCC2CC2)ccc2ccccc12. The van der Waals surface area contributed by atoms with E-state index in [9.17, 15) is 0 Å². The van der Waals surface area contributed by atoms with E-state index in [0.717, 1.165) is 24.8 Å². The molecular formula is C19H25NO. The highest BCUT2D eigenvalue weighted by atomic mass is 16.5. The summed E-state index contributed by atoms with van der Waals surface area (Å²) in [6.45, 7) is 6.06. The summed E-state index contributed by atoms with van der Waals surface area (Å²) >= 11 is 0. The van der Waals surface area contributed by atoms with Crippen molar-refractivity contribution in [2.45, 2.75) is 45.7 Å². The van der Waals surface area contributed by atoms with Crippen LogP contribution in [-0.4, -0.2) is 12.6 Å². The maximum atomic E-state index is 6.09. The molecule has 0 radical (unpaired) electrons. The van der Waals surface area contributed by atoms with Crippen LogP contribution >= 0.6 is 0 Å². The molecule has 2 aromatic carbocycles. The van der Waals surface area contributed by atoms with Crippen molar-refractivity contribution in [1.29, 1.82) is 0 Å². The molecule has 1 saturated carbocycles. The summed E-state index contributed by atoms with van der Waals surface area (Å²) in [4.78, 5) is 0. The molecule has 0 saturated heterocycles. The van der Waals surface area contributed by atoms with E-state index in [1.165, 1.54) is 35.6 Å². The lowest BCUT2D eigenvalue weighted by atomic mass is 10.0. The topological polar surface area (TPSA) is 21.3 Å². The zero-order chi connectivity index (χ0) is 14.7. The van der Waals surface area contributed by atoms with Gasteiger partial charge in [0.05, 0.1) is 6.61 Å². The Labute approximate surface area is 127 Å². The van der Waals surface area contributed by atoms with E-state index in [0.29, 0.717) is 6.04 Å². The smallest absolute Gasteiger partial charge is 0.124 e. The summed E-state index contributed by atoms with van der Waals surface area (Å²) in [5.74, 6) is 1.96. The molecule has 0 unspecified atom stereocenters. The number of benzene rings is 2. The molecule has 2 nitrogen and oxygen atoms in total. The maximum absolute atomic E-state index is 6.09. The minimum Gasteiger partial charge on any atom is -0.493 e. The monoisotopic (exact) mass is 283 g/mol. The van der Waals surface area contributed by atoms with Gasteiger partial charge in [0.1, 0.15) is 5.75 Å². The van der Waals surface area contributed by atoms with E-state index in [-0.39, 0.29) is 0 Å². The molecule has 0 spiro atoms. The third-order valence-corrected chi connectivity index (χ3v) is 4.17. The Morgan fingerprint density at radius 1 is 1.14 bits per heavy atom. The van der Waals surface area contributed by atoms with Gasteiger partial charge >= 0.3 is 0 Å². The highest BCUT2D eigenvalue weighted by molar-refractivity contribution is 5.87. The Balaban J connectivity index is 1.83. The number of fused-ring (bicyclic) bond motifs is 1. The van der Waals surface area contributed by atoms with Crippen LogP contribution in [0.3, 0.4) is 0 Å². The van der Waals surface area contributed by atoms with Crippen molar-refractivity contribution < 1.29 is 4.74 Å². The third kappa shape index (κ3) is 3.76. The van der Waals surface area contributed by atoms with Gasteiger partial charge in [-0.2, -0.15) is 0 Å². The van der Waals surface area contributed by atoms with Gasteiger partial charge in [-0.25, -0.2) is 0 Å². The lowest BCUT2D eigenvalue weighted by molar-refractivity contribution is 0.299. The second kappa shape index (κ2) is 6.48. The number of ether oxygens (including phenoxy) is 1. The average molecular weight is 283 g/mol. The van der Waals surface area contributed by atoms with Crippen molar-refractivity contribution >= 4 is 10.8 Å². The number of hydrogen-bond donors (Lipinski definition) is 1. The van der Waals surface area contributed by atoms with Gasteiger partial charge in [0, 0.05) is 18.2 Å². The molecule has 2 heteroatoms. The summed E-state index contributed by atoms with van der Waals surface area (Å²) in [6, 6.07) is 13.3. The number of rotatable bonds is 7. The van der Waals surface area contributed by atoms with Gasteiger partial charge in [-0.1, -0.05) is 57.0 Å². The van der Waals surface area contributed by atoms with Crippen molar-refractivity contribution in [3.05, 3.63) is 42.0 Å². The van der Waals surface area contributed by atoms with Crippen LogP contribution in [0.1, 0.15) is 38.7 Å². The van der Waals surface area contributed by atoms with E-state index in [1.54, 1.807) is 0 Å². The first-order valence-electron chi connectivity index (χ1n) is 8.11. The highest BCUT2D eigenvalue weighted by Gasteiger charge is 2.21. The van der Waals surface area contributed by atoms with Crippen molar-refractivity contribution in [3.8, 4) is 5.75 Å². The van der Waals surface area contributed by atoms with E-state index in [2.05, 4.69) is 55.6 Å². The molecule has 1 fully saturated rings. The molecule has 1 aliphatic rings. The Morgan fingerprint density at radius 3 is 2.71 bits per heavy atom. The van der Waals surface area contributed by atoms with Crippen LogP contribution in [0.5, 0.6) is 5.75 Å².